The fourth-order valence-electron chi connectivity index (χ4n) is 2.58. The van der Waals surface area contributed by atoms with Crippen molar-refractivity contribution >= 4 is 17.5 Å². The minimum Gasteiger partial charge on any atom is -0.393 e. The lowest BCUT2D eigenvalue weighted by molar-refractivity contribution is -0.115. The number of hydrogen-bond acceptors (Lipinski definition) is 3. The molecule has 0 spiro atoms. The Morgan fingerprint density at radius 3 is 2.95 bits per heavy atom. The van der Waals surface area contributed by atoms with Gasteiger partial charge in [-0.1, -0.05) is 0 Å². The van der Waals surface area contributed by atoms with E-state index >= 15 is 0 Å². The summed E-state index contributed by atoms with van der Waals surface area (Å²) in [6.45, 7) is 0.601. The fourth-order valence-corrected chi connectivity index (χ4v) is 2.58. The lowest BCUT2D eigenvalue weighted by Crippen LogP contribution is -2.38. The number of aliphatic hydroxyl groups excluding tert-OH is 1. The molecule has 3 rings (SSSR count). The Hall–Kier alpha value is -1.88. The number of carbonyl (C=O) groups excluding carboxylic acids is 2. The smallest absolute Gasteiger partial charge is 0.251 e. The second kappa shape index (κ2) is 4.66. The topological polar surface area (TPSA) is 78.4 Å². The fraction of sp³-hybridized carbons (Fsp3) is 0.429. The van der Waals surface area contributed by atoms with Gasteiger partial charge in [-0.15, -0.1) is 0 Å². The van der Waals surface area contributed by atoms with Crippen LogP contribution in [0.4, 0.5) is 5.69 Å². The molecule has 1 aliphatic heterocycles. The van der Waals surface area contributed by atoms with E-state index in [-0.39, 0.29) is 17.9 Å². The molecule has 0 bridgehead atoms. The summed E-state index contributed by atoms with van der Waals surface area (Å²) < 4.78 is 0. The molecule has 1 aromatic rings. The Bertz CT molecular complexity index is 535. The molecule has 2 aliphatic rings. The van der Waals surface area contributed by atoms with Crippen LogP contribution in [-0.2, 0) is 11.2 Å². The molecule has 5 nitrogen and oxygen atoms in total. The van der Waals surface area contributed by atoms with Crippen LogP contribution in [0.2, 0.25) is 0 Å². The maximum atomic E-state index is 12.0. The van der Waals surface area contributed by atoms with Gasteiger partial charge in [-0.2, -0.15) is 0 Å². The average molecular weight is 260 g/mol. The number of nitrogens with one attached hydrogen (secondary N) is 2. The lowest BCUT2D eigenvalue weighted by Gasteiger charge is -2.31. The van der Waals surface area contributed by atoms with E-state index in [2.05, 4.69) is 10.6 Å². The number of fused-ring (bicyclic) bond motifs is 1. The number of carbonyl (C=O) groups is 2. The van der Waals surface area contributed by atoms with Crippen molar-refractivity contribution in [3.8, 4) is 0 Å². The number of hydrogen-bond donors (Lipinski definition) is 3. The van der Waals surface area contributed by atoms with Crippen molar-refractivity contribution in [3.63, 3.8) is 0 Å². The molecule has 1 aliphatic carbocycles. The first-order valence-corrected chi connectivity index (χ1v) is 6.51. The van der Waals surface area contributed by atoms with Gasteiger partial charge in [-0.3, -0.25) is 9.59 Å². The summed E-state index contributed by atoms with van der Waals surface area (Å²) in [7, 11) is 0. The SMILES string of the molecule is O=C1Cc2cc(C(=O)NCC3CC(O)C3)ccc2N1. The summed E-state index contributed by atoms with van der Waals surface area (Å²) in [6.07, 6.45) is 1.68. The van der Waals surface area contributed by atoms with Crippen LogP contribution in [0.25, 0.3) is 0 Å². The predicted molar refractivity (Wildman–Crippen MR) is 69.8 cm³/mol. The van der Waals surface area contributed by atoms with Crippen LogP contribution in [0.15, 0.2) is 18.2 Å². The van der Waals surface area contributed by atoms with Crippen molar-refractivity contribution in [2.24, 2.45) is 5.92 Å². The highest BCUT2D eigenvalue weighted by Crippen LogP contribution is 2.26. The molecule has 1 fully saturated rings. The minimum absolute atomic E-state index is 0.0315. The number of rotatable bonds is 3. The molecule has 0 radical (unpaired) electrons. The maximum absolute atomic E-state index is 12.0. The molecule has 19 heavy (non-hydrogen) atoms. The summed E-state index contributed by atoms with van der Waals surface area (Å²) in [5.74, 6) is 0.233. The van der Waals surface area contributed by atoms with Gasteiger partial charge in [0, 0.05) is 17.8 Å². The van der Waals surface area contributed by atoms with Gasteiger partial charge in [0.25, 0.3) is 5.91 Å². The molecule has 5 heteroatoms. The molecule has 0 unspecified atom stereocenters. The summed E-state index contributed by atoms with van der Waals surface area (Å²) in [6, 6.07) is 5.25. The van der Waals surface area contributed by atoms with Crippen molar-refractivity contribution in [2.45, 2.75) is 25.4 Å². The molecule has 3 N–H and O–H groups in total. The van der Waals surface area contributed by atoms with Crippen LogP contribution >= 0.6 is 0 Å². The van der Waals surface area contributed by atoms with Crippen molar-refractivity contribution in [2.75, 3.05) is 11.9 Å². The molecule has 0 atom stereocenters. The Morgan fingerprint density at radius 1 is 1.42 bits per heavy atom. The van der Waals surface area contributed by atoms with Crippen molar-refractivity contribution in [1.82, 2.24) is 5.32 Å². The molecular weight excluding hydrogens is 244 g/mol. The average Bonchev–Trinajstić information content (AvgIpc) is 2.71. The van der Waals surface area contributed by atoms with Crippen LogP contribution in [0.5, 0.6) is 0 Å². The van der Waals surface area contributed by atoms with E-state index in [4.69, 9.17) is 0 Å². The highest BCUT2D eigenvalue weighted by molar-refractivity contribution is 6.01. The molecule has 100 valence electrons. The lowest BCUT2D eigenvalue weighted by atomic mass is 9.82. The largest absolute Gasteiger partial charge is 0.393 e. The highest BCUT2D eigenvalue weighted by Gasteiger charge is 2.27. The molecule has 1 saturated carbocycles. The number of benzene rings is 1. The minimum atomic E-state index is -0.195. The number of amides is 2. The van der Waals surface area contributed by atoms with Gasteiger partial charge < -0.3 is 15.7 Å². The Kier molecular flexibility index (Phi) is 2.98. The molecule has 0 aromatic heterocycles. The van der Waals surface area contributed by atoms with E-state index in [9.17, 15) is 14.7 Å². The normalized spacial score (nSPS) is 24.4. The van der Waals surface area contributed by atoms with Crippen LogP contribution < -0.4 is 10.6 Å². The summed E-state index contributed by atoms with van der Waals surface area (Å²) in [5, 5.41) is 14.8. The van der Waals surface area contributed by atoms with Crippen LogP contribution in [0.3, 0.4) is 0 Å². The first-order chi connectivity index (χ1) is 9.11. The monoisotopic (exact) mass is 260 g/mol. The van der Waals surface area contributed by atoms with Gasteiger partial charge in [0.2, 0.25) is 5.91 Å². The quantitative estimate of drug-likeness (QED) is 0.748. The second-order valence-corrected chi connectivity index (χ2v) is 5.30. The third kappa shape index (κ3) is 2.46. The zero-order chi connectivity index (χ0) is 13.4. The maximum Gasteiger partial charge on any atom is 0.251 e. The van der Waals surface area contributed by atoms with Crippen LogP contribution in [0, 0.1) is 5.92 Å². The van der Waals surface area contributed by atoms with E-state index in [1.165, 1.54) is 0 Å². The van der Waals surface area contributed by atoms with E-state index in [0.29, 0.717) is 24.4 Å². The summed E-state index contributed by atoms with van der Waals surface area (Å²) in [4.78, 5) is 23.2. The molecule has 1 heterocycles. The third-order valence-corrected chi connectivity index (χ3v) is 3.75. The van der Waals surface area contributed by atoms with E-state index in [0.717, 1.165) is 24.1 Å². The third-order valence-electron chi connectivity index (χ3n) is 3.75. The molecule has 2 amide bonds. The Morgan fingerprint density at radius 2 is 2.21 bits per heavy atom. The van der Waals surface area contributed by atoms with Gasteiger partial charge in [0.05, 0.1) is 12.5 Å². The van der Waals surface area contributed by atoms with Crippen LogP contribution in [0.1, 0.15) is 28.8 Å². The molecular formula is C14H16N2O3. The first-order valence-electron chi connectivity index (χ1n) is 6.51. The van der Waals surface area contributed by atoms with Gasteiger partial charge >= 0.3 is 0 Å². The Labute approximate surface area is 111 Å². The second-order valence-electron chi connectivity index (χ2n) is 5.30. The van der Waals surface area contributed by atoms with Crippen molar-refractivity contribution in [1.29, 1.82) is 0 Å². The highest BCUT2D eigenvalue weighted by atomic mass is 16.3. The zero-order valence-electron chi connectivity index (χ0n) is 10.5. The summed E-state index contributed by atoms with van der Waals surface area (Å²) in [5.41, 5.74) is 2.25. The number of anilines is 1. The Balaban J connectivity index is 1.61. The predicted octanol–water partition coefficient (Wildman–Crippen LogP) is 0.682. The van der Waals surface area contributed by atoms with E-state index < -0.39 is 0 Å². The number of aliphatic hydroxyl groups is 1. The van der Waals surface area contributed by atoms with Crippen molar-refractivity contribution in [3.05, 3.63) is 29.3 Å². The van der Waals surface area contributed by atoms with Gasteiger partial charge in [-0.05, 0) is 42.5 Å². The first kappa shape index (κ1) is 12.2. The van der Waals surface area contributed by atoms with E-state index in [1.54, 1.807) is 18.2 Å². The zero-order valence-corrected chi connectivity index (χ0v) is 10.5. The van der Waals surface area contributed by atoms with Gasteiger partial charge in [0.15, 0.2) is 0 Å². The van der Waals surface area contributed by atoms with E-state index in [1.807, 2.05) is 0 Å². The molecule has 0 saturated heterocycles. The van der Waals surface area contributed by atoms with Crippen molar-refractivity contribution < 1.29 is 14.7 Å². The summed E-state index contributed by atoms with van der Waals surface area (Å²) >= 11 is 0. The molecule has 1 aromatic carbocycles. The van der Waals surface area contributed by atoms with Gasteiger partial charge in [-0.25, -0.2) is 0 Å². The van der Waals surface area contributed by atoms with Gasteiger partial charge in [0.1, 0.15) is 0 Å². The van der Waals surface area contributed by atoms with Crippen LogP contribution in [-0.4, -0.2) is 29.6 Å². The standard InChI is InChI=1S/C14H16N2O3/c17-11-3-8(4-11)7-15-14(19)9-1-2-12-10(5-9)6-13(18)16-12/h1-2,5,8,11,17H,3-4,6-7H2,(H,15,19)(H,16,18).